The third-order valence-corrected chi connectivity index (χ3v) is 7.28. The number of thioether (sulfide) groups is 1. The first kappa shape index (κ1) is 30.8. The molecule has 0 unspecified atom stereocenters. The van der Waals surface area contributed by atoms with Gasteiger partial charge in [0, 0.05) is 12.1 Å². The van der Waals surface area contributed by atoms with Crippen LogP contribution in [0.1, 0.15) is 36.7 Å². The van der Waals surface area contributed by atoms with E-state index in [1.165, 1.54) is 23.1 Å². The standard InChI is InChI=1S/C27H34N4O7S2/c1-6-36-21-14-18(15-22(37-7-2)24(21)38-8-3)25(33)29-26-30-31-27(40-26)39-16-23(32)28-12-11-17-9-10-19(34-4)20(13-17)35-5/h9-10,13-15H,6-8,11-12,16H2,1-5H3,(H,28,32)(H,29,30,33). The van der Waals surface area contributed by atoms with Gasteiger partial charge >= 0.3 is 0 Å². The summed E-state index contributed by atoms with van der Waals surface area (Å²) in [6.45, 7) is 7.26. The highest BCUT2D eigenvalue weighted by Gasteiger charge is 2.19. The fourth-order valence-corrected chi connectivity index (χ4v) is 5.15. The highest BCUT2D eigenvalue weighted by Crippen LogP contribution is 2.39. The third kappa shape index (κ3) is 8.65. The molecule has 0 aliphatic rings. The number of hydrogen-bond donors (Lipinski definition) is 2. The number of carbonyl (C=O) groups excluding carboxylic acids is 2. The van der Waals surface area contributed by atoms with Crippen LogP contribution in [0.2, 0.25) is 0 Å². The van der Waals surface area contributed by atoms with Gasteiger partial charge in [-0.2, -0.15) is 0 Å². The minimum absolute atomic E-state index is 0.132. The van der Waals surface area contributed by atoms with Gasteiger partial charge in [-0.3, -0.25) is 14.9 Å². The van der Waals surface area contributed by atoms with Crippen molar-refractivity contribution < 1.29 is 33.3 Å². The first-order valence-corrected chi connectivity index (χ1v) is 14.5. The quantitative estimate of drug-likeness (QED) is 0.182. The van der Waals surface area contributed by atoms with Gasteiger partial charge in [0.05, 0.1) is 39.8 Å². The number of rotatable bonds is 16. The van der Waals surface area contributed by atoms with Crippen LogP contribution in [0.3, 0.4) is 0 Å². The molecule has 40 heavy (non-hydrogen) atoms. The summed E-state index contributed by atoms with van der Waals surface area (Å²) in [6, 6.07) is 8.87. The number of nitrogens with one attached hydrogen (secondary N) is 2. The molecule has 1 heterocycles. The summed E-state index contributed by atoms with van der Waals surface area (Å²) in [5.41, 5.74) is 1.35. The lowest BCUT2D eigenvalue weighted by Gasteiger charge is -2.16. The Balaban J connectivity index is 1.53. The summed E-state index contributed by atoms with van der Waals surface area (Å²) in [4.78, 5) is 25.3. The van der Waals surface area contributed by atoms with E-state index in [-0.39, 0.29) is 11.7 Å². The lowest BCUT2D eigenvalue weighted by Crippen LogP contribution is -2.27. The second kappa shape index (κ2) is 15.8. The number of hydrogen-bond acceptors (Lipinski definition) is 11. The maximum Gasteiger partial charge on any atom is 0.257 e. The molecule has 216 valence electrons. The molecule has 0 radical (unpaired) electrons. The van der Waals surface area contributed by atoms with Gasteiger partial charge in [0.25, 0.3) is 5.91 Å². The molecule has 2 N–H and O–H groups in total. The topological polar surface area (TPSA) is 130 Å². The van der Waals surface area contributed by atoms with Crippen LogP contribution in [0.15, 0.2) is 34.7 Å². The van der Waals surface area contributed by atoms with Crippen molar-refractivity contribution in [2.24, 2.45) is 0 Å². The summed E-state index contributed by atoms with van der Waals surface area (Å²) in [7, 11) is 3.17. The van der Waals surface area contributed by atoms with Crippen LogP contribution in [0.5, 0.6) is 28.7 Å². The predicted octanol–water partition coefficient (Wildman–Crippen LogP) is 4.45. The van der Waals surface area contributed by atoms with Crippen LogP contribution < -0.4 is 34.3 Å². The molecular formula is C27H34N4O7S2. The summed E-state index contributed by atoms with van der Waals surface area (Å²) in [5, 5.41) is 14.1. The van der Waals surface area contributed by atoms with Gasteiger partial charge < -0.3 is 29.0 Å². The number of methoxy groups -OCH3 is 2. The van der Waals surface area contributed by atoms with Crippen molar-refractivity contribution >= 4 is 40.0 Å². The van der Waals surface area contributed by atoms with E-state index in [0.717, 1.165) is 5.56 Å². The Labute approximate surface area is 241 Å². The summed E-state index contributed by atoms with van der Waals surface area (Å²) in [5.74, 6) is 2.25. The molecular weight excluding hydrogens is 556 g/mol. The lowest BCUT2D eigenvalue weighted by molar-refractivity contribution is -0.118. The number of anilines is 1. The normalized spacial score (nSPS) is 10.5. The van der Waals surface area contributed by atoms with Crippen molar-refractivity contribution in [2.45, 2.75) is 31.5 Å². The number of amides is 2. The smallest absolute Gasteiger partial charge is 0.257 e. The van der Waals surface area contributed by atoms with Gasteiger partial charge in [-0.1, -0.05) is 29.2 Å². The van der Waals surface area contributed by atoms with E-state index >= 15 is 0 Å². The van der Waals surface area contributed by atoms with Crippen LogP contribution in [-0.4, -0.2) is 68.3 Å². The van der Waals surface area contributed by atoms with Crippen molar-refractivity contribution in [1.29, 1.82) is 0 Å². The molecule has 11 nitrogen and oxygen atoms in total. The second-order valence-electron chi connectivity index (χ2n) is 8.01. The largest absolute Gasteiger partial charge is 0.493 e. The van der Waals surface area contributed by atoms with Crippen molar-refractivity contribution in [3.05, 3.63) is 41.5 Å². The lowest BCUT2D eigenvalue weighted by atomic mass is 10.1. The molecule has 0 bridgehead atoms. The monoisotopic (exact) mass is 590 g/mol. The maximum absolute atomic E-state index is 13.0. The van der Waals surface area contributed by atoms with E-state index in [1.54, 1.807) is 26.4 Å². The van der Waals surface area contributed by atoms with E-state index in [9.17, 15) is 9.59 Å². The van der Waals surface area contributed by atoms with Crippen molar-refractivity contribution in [2.75, 3.05) is 51.7 Å². The van der Waals surface area contributed by atoms with Gasteiger partial charge in [-0.25, -0.2) is 0 Å². The highest BCUT2D eigenvalue weighted by molar-refractivity contribution is 8.01. The fourth-order valence-electron chi connectivity index (χ4n) is 3.57. The SMILES string of the molecule is CCOc1cc(C(=O)Nc2nnc(SCC(=O)NCCc3ccc(OC)c(OC)c3)s2)cc(OCC)c1OCC. The number of ether oxygens (including phenoxy) is 5. The molecule has 2 aromatic carbocycles. The third-order valence-electron chi connectivity index (χ3n) is 5.31. The molecule has 0 saturated carbocycles. The van der Waals surface area contributed by atoms with Crippen LogP contribution >= 0.6 is 23.1 Å². The Morgan fingerprint density at radius 2 is 1.55 bits per heavy atom. The summed E-state index contributed by atoms with van der Waals surface area (Å²) < 4.78 is 28.2. The zero-order valence-corrected chi connectivity index (χ0v) is 24.8. The minimum Gasteiger partial charge on any atom is -0.493 e. The van der Waals surface area contributed by atoms with Crippen molar-refractivity contribution in [1.82, 2.24) is 15.5 Å². The predicted molar refractivity (Wildman–Crippen MR) is 155 cm³/mol. The van der Waals surface area contributed by atoms with Gasteiger partial charge in [0.2, 0.25) is 16.8 Å². The van der Waals surface area contributed by atoms with Gasteiger partial charge in [-0.05, 0) is 57.0 Å². The number of nitrogens with zero attached hydrogens (tertiary/aromatic N) is 2. The molecule has 13 heteroatoms. The molecule has 1 aromatic heterocycles. The summed E-state index contributed by atoms with van der Waals surface area (Å²) in [6.07, 6.45) is 0.646. The molecule has 0 saturated heterocycles. The first-order valence-electron chi connectivity index (χ1n) is 12.7. The van der Waals surface area contributed by atoms with Crippen molar-refractivity contribution in [3.63, 3.8) is 0 Å². The molecule has 0 fully saturated rings. The molecule has 2 amide bonds. The van der Waals surface area contributed by atoms with Crippen LogP contribution in [0, 0.1) is 0 Å². The average molecular weight is 591 g/mol. The van der Waals surface area contributed by atoms with E-state index < -0.39 is 5.91 Å². The molecule has 0 spiro atoms. The fraction of sp³-hybridized carbons (Fsp3) is 0.407. The zero-order valence-electron chi connectivity index (χ0n) is 23.2. The summed E-state index contributed by atoms with van der Waals surface area (Å²) >= 11 is 2.43. The molecule has 0 aliphatic carbocycles. The first-order chi connectivity index (χ1) is 19.4. The molecule has 0 atom stereocenters. The molecule has 3 aromatic rings. The van der Waals surface area contributed by atoms with Gasteiger partial charge in [0.15, 0.2) is 27.3 Å². The Kier molecular flexibility index (Phi) is 12.2. The van der Waals surface area contributed by atoms with E-state index in [4.69, 9.17) is 23.7 Å². The maximum atomic E-state index is 13.0. The van der Waals surface area contributed by atoms with Crippen molar-refractivity contribution in [3.8, 4) is 28.7 Å². The number of aromatic nitrogens is 2. The van der Waals surface area contributed by atoms with E-state index in [1.807, 2.05) is 39.0 Å². The van der Waals surface area contributed by atoms with Gasteiger partial charge in [-0.15, -0.1) is 10.2 Å². The number of carbonyl (C=O) groups is 2. The Morgan fingerprint density at radius 1 is 0.875 bits per heavy atom. The van der Waals surface area contributed by atoms with E-state index in [0.29, 0.717) is 76.6 Å². The second-order valence-corrected chi connectivity index (χ2v) is 10.2. The number of benzene rings is 2. The zero-order chi connectivity index (χ0) is 28.9. The highest BCUT2D eigenvalue weighted by atomic mass is 32.2. The average Bonchev–Trinajstić information content (AvgIpc) is 3.40. The molecule has 0 aliphatic heterocycles. The molecule has 3 rings (SSSR count). The van der Waals surface area contributed by atoms with E-state index in [2.05, 4.69) is 20.8 Å². The Morgan fingerprint density at radius 3 is 2.17 bits per heavy atom. The Bertz CT molecular complexity index is 1260. The van der Waals surface area contributed by atoms with Crippen LogP contribution in [-0.2, 0) is 11.2 Å². The Hall–Kier alpha value is -3.71. The van der Waals surface area contributed by atoms with Gasteiger partial charge in [0.1, 0.15) is 0 Å². The minimum atomic E-state index is -0.398. The van der Waals surface area contributed by atoms with Crippen LogP contribution in [0.4, 0.5) is 5.13 Å². The van der Waals surface area contributed by atoms with Crippen LogP contribution in [0.25, 0.3) is 0 Å².